The number of carbonyl (C=O) groups is 3. The third kappa shape index (κ3) is 14.2. The predicted octanol–water partition coefficient (Wildman–Crippen LogP) is -3.81. The molecule has 0 rings (SSSR count). The number of hydrogen-bond donors (Lipinski definition) is 10. The molecular weight excluding hydrogens is 408 g/mol. The Labute approximate surface area is 180 Å². The molecule has 14 N–H and O–H groups in total. The van der Waals surface area contributed by atoms with Gasteiger partial charge in [0.25, 0.3) is 0 Å². The predicted molar refractivity (Wildman–Crippen MR) is 114 cm³/mol. The first-order chi connectivity index (χ1) is 14.6. The summed E-state index contributed by atoms with van der Waals surface area (Å²) in [6, 6.07) is -2.96. The summed E-state index contributed by atoms with van der Waals surface area (Å²) in [6.07, 6.45) is 2.92. The molecule has 1 radical (unpaired) electrons. The van der Waals surface area contributed by atoms with Crippen LogP contribution in [0, 0.1) is 10.8 Å². The highest BCUT2D eigenvalue weighted by Gasteiger charge is 2.25. The number of carbonyl (C=O) groups excluding carboxylic acids is 4. The first-order valence-electron chi connectivity index (χ1n) is 9.74. The Kier molecular flexibility index (Phi) is 13.7. The molecule has 0 aromatic rings. The van der Waals surface area contributed by atoms with E-state index in [0.29, 0.717) is 25.9 Å². The molecule has 0 spiro atoms. The van der Waals surface area contributed by atoms with Gasteiger partial charge in [-0.25, -0.2) is 0 Å². The fourth-order valence-electron chi connectivity index (χ4n) is 2.47. The van der Waals surface area contributed by atoms with Gasteiger partial charge in [-0.3, -0.25) is 30.0 Å². The van der Waals surface area contributed by atoms with Crippen LogP contribution in [-0.4, -0.2) is 67.1 Å². The minimum absolute atomic E-state index is 0.0231. The molecule has 14 heteroatoms. The van der Waals surface area contributed by atoms with Crippen molar-refractivity contribution >= 4 is 35.9 Å². The van der Waals surface area contributed by atoms with Crippen molar-refractivity contribution in [2.45, 2.75) is 56.7 Å². The fourth-order valence-corrected chi connectivity index (χ4v) is 2.47. The molecule has 0 heterocycles. The van der Waals surface area contributed by atoms with Crippen LogP contribution in [0.1, 0.15) is 38.5 Å². The number of nitrogens with one attached hydrogen (secondary N) is 6. The molecular formula is C17H33N10O4. The number of rotatable bonds is 16. The van der Waals surface area contributed by atoms with E-state index >= 15 is 0 Å². The Hall–Kier alpha value is -3.42. The number of nitrogens with two attached hydrogens (primary N) is 4. The average molecular weight is 442 g/mol. The highest BCUT2D eigenvalue weighted by Crippen LogP contribution is 2.03. The number of primary amides is 1. The number of hydrogen-bond acceptors (Lipinski definition) is 7. The molecule has 0 saturated carbocycles. The number of guanidine groups is 2. The summed E-state index contributed by atoms with van der Waals surface area (Å²) in [5.74, 6) is -2.28. The van der Waals surface area contributed by atoms with Crippen LogP contribution in [0.15, 0.2) is 0 Å². The molecule has 0 aliphatic carbocycles. The second-order valence-electron chi connectivity index (χ2n) is 6.82. The smallest absolute Gasteiger partial charge is 0.243 e. The molecule has 0 aliphatic heterocycles. The lowest BCUT2D eigenvalue weighted by atomic mass is 10.1. The fraction of sp³-hybridized carbons (Fsp3) is 0.647. The Morgan fingerprint density at radius 1 is 0.839 bits per heavy atom. The van der Waals surface area contributed by atoms with Crippen LogP contribution in [0.3, 0.4) is 0 Å². The van der Waals surface area contributed by atoms with Crippen LogP contribution in [0.25, 0.3) is 0 Å². The topological polar surface area (TPSA) is 268 Å². The largest absolute Gasteiger partial charge is 0.370 e. The van der Waals surface area contributed by atoms with E-state index in [1.807, 2.05) is 0 Å². The minimum atomic E-state index is -1.04. The lowest BCUT2D eigenvalue weighted by molar-refractivity contribution is -0.130. The van der Waals surface area contributed by atoms with Crippen LogP contribution < -0.4 is 44.2 Å². The van der Waals surface area contributed by atoms with Gasteiger partial charge in [-0.2, -0.15) is 0 Å². The zero-order valence-electron chi connectivity index (χ0n) is 17.3. The van der Waals surface area contributed by atoms with Gasteiger partial charge in [0.15, 0.2) is 11.9 Å². The normalized spacial score (nSPS) is 13.2. The minimum Gasteiger partial charge on any atom is -0.370 e. The molecule has 31 heavy (non-hydrogen) atoms. The van der Waals surface area contributed by atoms with Gasteiger partial charge < -0.3 is 44.2 Å². The molecule has 3 amide bonds. The molecule has 3 unspecified atom stereocenters. The molecule has 0 aliphatic rings. The summed E-state index contributed by atoms with van der Waals surface area (Å²) < 4.78 is 0. The number of amides is 3. The van der Waals surface area contributed by atoms with E-state index in [9.17, 15) is 19.2 Å². The Balaban J connectivity index is 4.89. The quantitative estimate of drug-likeness (QED) is 0.0637. The first kappa shape index (κ1) is 27.6. The highest BCUT2D eigenvalue weighted by atomic mass is 16.2. The molecule has 0 aromatic carbocycles. The first-order valence-corrected chi connectivity index (χ1v) is 9.74. The maximum absolute atomic E-state index is 12.6. The van der Waals surface area contributed by atoms with Gasteiger partial charge in [0.05, 0.1) is 12.1 Å². The van der Waals surface area contributed by atoms with Crippen LogP contribution in [0.5, 0.6) is 0 Å². The van der Waals surface area contributed by atoms with Crippen molar-refractivity contribution in [3.8, 4) is 0 Å². The van der Waals surface area contributed by atoms with Gasteiger partial charge in [-0.05, 0) is 32.1 Å². The Morgan fingerprint density at radius 2 is 1.39 bits per heavy atom. The van der Waals surface area contributed by atoms with E-state index in [-0.39, 0.29) is 37.6 Å². The lowest BCUT2D eigenvalue weighted by Gasteiger charge is -2.22. The Morgan fingerprint density at radius 3 is 1.87 bits per heavy atom. The second-order valence-corrected chi connectivity index (χ2v) is 6.82. The average Bonchev–Trinajstić information content (AvgIpc) is 2.69. The summed E-state index contributed by atoms with van der Waals surface area (Å²) in [7, 11) is 0. The maximum atomic E-state index is 12.6. The van der Waals surface area contributed by atoms with Crippen LogP contribution in [-0.2, 0) is 19.2 Å². The Bertz CT molecular complexity index is 642. The van der Waals surface area contributed by atoms with E-state index in [1.165, 1.54) is 0 Å². The third-order valence-corrected chi connectivity index (χ3v) is 4.10. The van der Waals surface area contributed by atoms with Crippen molar-refractivity contribution in [2.75, 3.05) is 13.1 Å². The van der Waals surface area contributed by atoms with Gasteiger partial charge in [0, 0.05) is 19.5 Å². The zero-order chi connectivity index (χ0) is 23.8. The van der Waals surface area contributed by atoms with Crippen molar-refractivity contribution in [1.29, 1.82) is 10.8 Å². The SMILES string of the molecule is N=C(N)NCCCC([C]=O)NC(=O)C(CCCNC(=N)N)NC(=O)C(N)CCC(N)=O. The van der Waals surface area contributed by atoms with E-state index in [1.54, 1.807) is 6.29 Å². The highest BCUT2D eigenvalue weighted by molar-refractivity contribution is 5.91. The van der Waals surface area contributed by atoms with Gasteiger partial charge >= 0.3 is 0 Å². The van der Waals surface area contributed by atoms with Crippen LogP contribution in [0.2, 0.25) is 0 Å². The van der Waals surface area contributed by atoms with Gasteiger partial charge in [0.2, 0.25) is 24.0 Å². The lowest BCUT2D eigenvalue weighted by Crippen LogP contribution is -2.53. The molecule has 0 aromatic heterocycles. The summed E-state index contributed by atoms with van der Waals surface area (Å²) >= 11 is 0. The van der Waals surface area contributed by atoms with Crippen molar-refractivity contribution < 1.29 is 19.2 Å². The van der Waals surface area contributed by atoms with E-state index in [4.69, 9.17) is 33.8 Å². The summed E-state index contributed by atoms with van der Waals surface area (Å²) in [4.78, 5) is 47.0. The van der Waals surface area contributed by atoms with Gasteiger partial charge in [-0.15, -0.1) is 0 Å². The molecule has 14 nitrogen and oxygen atoms in total. The van der Waals surface area contributed by atoms with E-state index in [0.717, 1.165) is 0 Å². The second kappa shape index (κ2) is 15.4. The van der Waals surface area contributed by atoms with E-state index < -0.39 is 35.8 Å². The summed E-state index contributed by atoms with van der Waals surface area (Å²) in [5.41, 5.74) is 21.2. The maximum Gasteiger partial charge on any atom is 0.243 e. The van der Waals surface area contributed by atoms with Gasteiger partial charge in [-0.1, -0.05) is 0 Å². The van der Waals surface area contributed by atoms with Crippen LogP contribution in [0.4, 0.5) is 0 Å². The van der Waals surface area contributed by atoms with Crippen LogP contribution >= 0.6 is 0 Å². The molecule has 3 atom stereocenters. The van der Waals surface area contributed by atoms with E-state index in [2.05, 4.69) is 21.3 Å². The van der Waals surface area contributed by atoms with Crippen molar-refractivity contribution in [2.24, 2.45) is 22.9 Å². The summed E-state index contributed by atoms with van der Waals surface area (Å²) in [5, 5.41) is 24.4. The standard InChI is InChI=1S/C17H33N10O4/c18-11(5-6-13(19)29)14(30)27-12(4-2-8-25-17(22)23)15(31)26-10(9-28)3-1-7-24-16(20)21/h10-12H,1-8,18H2,(H2,19,29)(H,26,31)(H,27,30)(H4,20,21,24)(H4,22,23,25). The van der Waals surface area contributed by atoms with Crippen molar-refractivity contribution in [3.63, 3.8) is 0 Å². The van der Waals surface area contributed by atoms with Crippen molar-refractivity contribution in [1.82, 2.24) is 21.3 Å². The zero-order valence-corrected chi connectivity index (χ0v) is 17.3. The monoisotopic (exact) mass is 441 g/mol. The molecule has 0 fully saturated rings. The molecule has 175 valence electrons. The molecule has 0 saturated heterocycles. The summed E-state index contributed by atoms with van der Waals surface area (Å²) in [6.45, 7) is 0.637. The third-order valence-electron chi connectivity index (χ3n) is 4.10. The van der Waals surface area contributed by atoms with Gasteiger partial charge in [0.1, 0.15) is 6.04 Å². The van der Waals surface area contributed by atoms with Crippen molar-refractivity contribution in [3.05, 3.63) is 0 Å². The molecule has 0 bridgehead atoms.